The van der Waals surface area contributed by atoms with Crippen LogP contribution < -0.4 is 10.5 Å². The van der Waals surface area contributed by atoms with E-state index >= 15 is 0 Å². The lowest BCUT2D eigenvalue weighted by Gasteiger charge is -2.32. The summed E-state index contributed by atoms with van der Waals surface area (Å²) < 4.78 is 5.70. The molecule has 0 spiro atoms. The van der Waals surface area contributed by atoms with Crippen molar-refractivity contribution in [1.82, 2.24) is 4.90 Å². The molecule has 1 saturated carbocycles. The smallest absolute Gasteiger partial charge is 0.119 e. The molecule has 0 bridgehead atoms. The van der Waals surface area contributed by atoms with Gasteiger partial charge < -0.3 is 15.4 Å². The van der Waals surface area contributed by atoms with Crippen molar-refractivity contribution in [3.8, 4) is 5.75 Å². The molecule has 106 valence electrons. The molecule has 2 N–H and O–H groups in total. The standard InChI is InChI=1S/C16H26N2O/c1-12(2)19-14-7-5-13(6-8-14)15(18(3)4)16(11-17)9-10-16/h5-8,12,15H,9-11,17H2,1-4H3. The topological polar surface area (TPSA) is 38.5 Å². The lowest BCUT2D eigenvalue weighted by molar-refractivity contribution is 0.198. The number of benzene rings is 1. The van der Waals surface area contributed by atoms with Gasteiger partial charge in [-0.1, -0.05) is 12.1 Å². The molecule has 3 heteroatoms. The second-order valence-electron chi connectivity index (χ2n) is 6.17. The molecule has 1 aromatic rings. The summed E-state index contributed by atoms with van der Waals surface area (Å²) in [5.74, 6) is 0.939. The molecule has 1 aliphatic carbocycles. The van der Waals surface area contributed by atoms with Gasteiger partial charge in [0, 0.05) is 11.5 Å². The van der Waals surface area contributed by atoms with Gasteiger partial charge in [0.15, 0.2) is 0 Å². The van der Waals surface area contributed by atoms with Crippen molar-refractivity contribution in [2.75, 3.05) is 20.6 Å². The fourth-order valence-electron chi connectivity index (χ4n) is 2.95. The summed E-state index contributed by atoms with van der Waals surface area (Å²) in [6.45, 7) is 4.86. The Kier molecular flexibility index (Phi) is 4.16. The van der Waals surface area contributed by atoms with Crippen molar-refractivity contribution < 1.29 is 4.74 Å². The van der Waals surface area contributed by atoms with Gasteiger partial charge in [-0.25, -0.2) is 0 Å². The molecule has 0 aliphatic heterocycles. The summed E-state index contributed by atoms with van der Waals surface area (Å²) >= 11 is 0. The first-order chi connectivity index (χ1) is 8.98. The van der Waals surface area contributed by atoms with Crippen LogP contribution in [0.1, 0.15) is 38.3 Å². The van der Waals surface area contributed by atoms with E-state index in [1.807, 2.05) is 13.8 Å². The van der Waals surface area contributed by atoms with Crippen molar-refractivity contribution in [2.24, 2.45) is 11.1 Å². The molecular formula is C16H26N2O. The Morgan fingerprint density at radius 3 is 2.16 bits per heavy atom. The Balaban J connectivity index is 2.19. The van der Waals surface area contributed by atoms with Crippen LogP contribution in [0.15, 0.2) is 24.3 Å². The average Bonchev–Trinajstić information content (AvgIpc) is 3.11. The minimum absolute atomic E-state index is 0.217. The third kappa shape index (κ3) is 3.10. The maximum Gasteiger partial charge on any atom is 0.119 e. The molecule has 0 radical (unpaired) electrons. The van der Waals surface area contributed by atoms with Gasteiger partial charge in [-0.2, -0.15) is 0 Å². The highest BCUT2D eigenvalue weighted by atomic mass is 16.5. The molecule has 1 unspecified atom stereocenters. The van der Waals surface area contributed by atoms with Gasteiger partial charge in [0.25, 0.3) is 0 Å². The molecule has 1 fully saturated rings. The molecular weight excluding hydrogens is 236 g/mol. The normalized spacial score (nSPS) is 18.7. The molecule has 2 rings (SSSR count). The van der Waals surface area contributed by atoms with E-state index in [1.54, 1.807) is 0 Å². The summed E-state index contributed by atoms with van der Waals surface area (Å²) in [7, 11) is 4.28. The molecule has 1 aliphatic rings. The lowest BCUT2D eigenvalue weighted by Crippen LogP contribution is -2.33. The van der Waals surface area contributed by atoms with Gasteiger partial charge in [0.2, 0.25) is 0 Å². The van der Waals surface area contributed by atoms with Crippen molar-refractivity contribution in [3.05, 3.63) is 29.8 Å². The van der Waals surface area contributed by atoms with E-state index in [0.717, 1.165) is 12.3 Å². The second-order valence-corrected chi connectivity index (χ2v) is 6.17. The van der Waals surface area contributed by atoms with Gasteiger partial charge in [-0.15, -0.1) is 0 Å². The largest absolute Gasteiger partial charge is 0.491 e. The first kappa shape index (κ1) is 14.4. The first-order valence-corrected chi connectivity index (χ1v) is 7.11. The Labute approximate surface area is 116 Å². The minimum Gasteiger partial charge on any atom is -0.491 e. The number of hydrogen-bond donors (Lipinski definition) is 1. The van der Waals surface area contributed by atoms with Gasteiger partial charge in [-0.05, 0) is 65.0 Å². The van der Waals surface area contributed by atoms with Crippen LogP contribution in [0.2, 0.25) is 0 Å². The molecule has 0 aromatic heterocycles. The van der Waals surface area contributed by atoms with E-state index < -0.39 is 0 Å². The van der Waals surface area contributed by atoms with Crippen LogP contribution in [-0.2, 0) is 0 Å². The third-order valence-electron chi connectivity index (χ3n) is 3.96. The Morgan fingerprint density at radius 2 is 1.79 bits per heavy atom. The summed E-state index contributed by atoms with van der Waals surface area (Å²) in [6.07, 6.45) is 2.68. The van der Waals surface area contributed by atoms with E-state index in [4.69, 9.17) is 10.5 Å². The SMILES string of the molecule is CC(C)Oc1ccc(C(N(C)C)C2(CN)CC2)cc1. The Morgan fingerprint density at radius 1 is 1.21 bits per heavy atom. The van der Waals surface area contributed by atoms with E-state index in [1.165, 1.54) is 18.4 Å². The third-order valence-corrected chi connectivity index (χ3v) is 3.96. The van der Waals surface area contributed by atoms with E-state index in [-0.39, 0.29) is 11.5 Å². The van der Waals surface area contributed by atoms with E-state index in [2.05, 4.69) is 43.3 Å². The number of hydrogen-bond acceptors (Lipinski definition) is 3. The quantitative estimate of drug-likeness (QED) is 0.856. The van der Waals surface area contributed by atoms with Gasteiger partial charge in [-0.3, -0.25) is 0 Å². The van der Waals surface area contributed by atoms with Crippen LogP contribution >= 0.6 is 0 Å². The number of nitrogens with two attached hydrogens (primary N) is 1. The zero-order chi connectivity index (χ0) is 14.0. The molecule has 19 heavy (non-hydrogen) atoms. The maximum atomic E-state index is 5.99. The Hall–Kier alpha value is -1.06. The number of ether oxygens (including phenoxy) is 1. The average molecular weight is 262 g/mol. The minimum atomic E-state index is 0.217. The fraction of sp³-hybridized carbons (Fsp3) is 0.625. The lowest BCUT2D eigenvalue weighted by atomic mass is 9.89. The maximum absolute atomic E-state index is 5.99. The molecule has 1 atom stereocenters. The predicted octanol–water partition coefficient (Wildman–Crippen LogP) is 2.82. The van der Waals surface area contributed by atoms with Crippen molar-refractivity contribution in [2.45, 2.75) is 38.8 Å². The van der Waals surface area contributed by atoms with E-state index in [9.17, 15) is 0 Å². The highest BCUT2D eigenvalue weighted by Gasteiger charge is 2.49. The molecule has 1 aromatic carbocycles. The highest BCUT2D eigenvalue weighted by molar-refractivity contribution is 5.31. The van der Waals surface area contributed by atoms with Crippen LogP contribution in [0, 0.1) is 5.41 Å². The summed E-state index contributed by atoms with van der Waals surface area (Å²) in [6, 6.07) is 8.90. The Bertz CT molecular complexity index is 407. The summed E-state index contributed by atoms with van der Waals surface area (Å²) in [5.41, 5.74) is 7.61. The van der Waals surface area contributed by atoms with Crippen LogP contribution in [0.25, 0.3) is 0 Å². The van der Waals surface area contributed by atoms with Crippen molar-refractivity contribution in [1.29, 1.82) is 0 Å². The van der Waals surface area contributed by atoms with Crippen LogP contribution in [0.5, 0.6) is 5.75 Å². The summed E-state index contributed by atoms with van der Waals surface area (Å²) in [5, 5.41) is 0. The van der Waals surface area contributed by atoms with Crippen molar-refractivity contribution in [3.63, 3.8) is 0 Å². The van der Waals surface area contributed by atoms with Gasteiger partial charge >= 0.3 is 0 Å². The van der Waals surface area contributed by atoms with E-state index in [0.29, 0.717) is 6.04 Å². The molecule has 3 nitrogen and oxygen atoms in total. The highest BCUT2D eigenvalue weighted by Crippen LogP contribution is 2.56. The molecule has 0 amide bonds. The second kappa shape index (κ2) is 5.51. The molecule has 0 saturated heterocycles. The number of nitrogens with zero attached hydrogens (tertiary/aromatic N) is 1. The fourth-order valence-corrected chi connectivity index (χ4v) is 2.95. The van der Waals surface area contributed by atoms with Crippen LogP contribution in [-0.4, -0.2) is 31.6 Å². The van der Waals surface area contributed by atoms with Crippen molar-refractivity contribution >= 4 is 0 Å². The first-order valence-electron chi connectivity index (χ1n) is 7.11. The summed E-state index contributed by atoms with van der Waals surface area (Å²) in [4.78, 5) is 2.29. The monoisotopic (exact) mass is 262 g/mol. The van der Waals surface area contributed by atoms with Gasteiger partial charge in [0.1, 0.15) is 5.75 Å². The predicted molar refractivity (Wildman–Crippen MR) is 79.4 cm³/mol. The van der Waals surface area contributed by atoms with Crippen LogP contribution in [0.3, 0.4) is 0 Å². The number of rotatable bonds is 6. The molecule has 0 heterocycles. The zero-order valence-electron chi connectivity index (χ0n) is 12.5. The van der Waals surface area contributed by atoms with Crippen LogP contribution in [0.4, 0.5) is 0 Å². The van der Waals surface area contributed by atoms with Gasteiger partial charge in [0.05, 0.1) is 6.10 Å². The zero-order valence-corrected chi connectivity index (χ0v) is 12.5.